The van der Waals surface area contributed by atoms with Crippen molar-refractivity contribution in [2.24, 2.45) is 5.41 Å². The zero-order valence-corrected chi connectivity index (χ0v) is 11.2. The fraction of sp³-hybridized carbons (Fsp3) is 0.429. The van der Waals surface area contributed by atoms with Crippen LogP contribution < -0.4 is 10.6 Å². The van der Waals surface area contributed by atoms with Crippen LogP contribution in [-0.2, 0) is 9.59 Å². The molecule has 20 heavy (non-hydrogen) atoms. The highest BCUT2D eigenvalue weighted by Crippen LogP contribution is 2.44. The first-order valence-electron chi connectivity index (χ1n) is 6.43. The highest BCUT2D eigenvalue weighted by Gasteiger charge is 2.42. The Morgan fingerprint density at radius 2 is 2.05 bits per heavy atom. The van der Waals surface area contributed by atoms with Gasteiger partial charge in [0.15, 0.2) is 0 Å². The van der Waals surface area contributed by atoms with E-state index in [0.717, 1.165) is 12.8 Å². The lowest BCUT2D eigenvalue weighted by Gasteiger charge is -2.13. The van der Waals surface area contributed by atoms with E-state index >= 15 is 0 Å². The van der Waals surface area contributed by atoms with Crippen molar-refractivity contribution in [3.05, 3.63) is 29.6 Å². The van der Waals surface area contributed by atoms with E-state index in [1.807, 2.05) is 0 Å². The molecule has 5 nitrogen and oxygen atoms in total. The summed E-state index contributed by atoms with van der Waals surface area (Å²) in [6.45, 7) is 1.80. The topological polar surface area (TPSA) is 78.4 Å². The number of hydrogen-bond acceptors (Lipinski definition) is 3. The van der Waals surface area contributed by atoms with Gasteiger partial charge in [-0.2, -0.15) is 0 Å². The maximum absolute atomic E-state index is 13.3. The van der Waals surface area contributed by atoms with E-state index in [1.165, 1.54) is 25.1 Å². The third kappa shape index (κ3) is 3.14. The molecule has 0 atom stereocenters. The Kier molecular flexibility index (Phi) is 4.04. The maximum atomic E-state index is 13.3. The van der Waals surface area contributed by atoms with Gasteiger partial charge in [0.2, 0.25) is 0 Å². The van der Waals surface area contributed by atoms with Crippen molar-refractivity contribution >= 4 is 17.5 Å². The van der Waals surface area contributed by atoms with Gasteiger partial charge in [0.1, 0.15) is 5.82 Å². The number of aliphatic hydroxyl groups is 1. The van der Waals surface area contributed by atoms with Gasteiger partial charge in [-0.3, -0.25) is 9.59 Å². The lowest BCUT2D eigenvalue weighted by molar-refractivity contribution is -0.136. The largest absolute Gasteiger partial charge is 0.396 e. The van der Waals surface area contributed by atoms with E-state index in [2.05, 4.69) is 10.6 Å². The summed E-state index contributed by atoms with van der Waals surface area (Å²) < 4.78 is 13.3. The third-order valence-electron chi connectivity index (χ3n) is 3.64. The van der Waals surface area contributed by atoms with E-state index < -0.39 is 17.6 Å². The van der Waals surface area contributed by atoms with Crippen LogP contribution in [0.15, 0.2) is 18.2 Å². The molecule has 0 radical (unpaired) electrons. The number of halogens is 1. The number of anilines is 1. The zero-order valence-electron chi connectivity index (χ0n) is 11.2. The molecule has 1 fully saturated rings. The van der Waals surface area contributed by atoms with Crippen molar-refractivity contribution in [3.8, 4) is 0 Å². The summed E-state index contributed by atoms with van der Waals surface area (Å²) in [4.78, 5) is 23.3. The van der Waals surface area contributed by atoms with Crippen LogP contribution in [0.5, 0.6) is 0 Å². The standard InChI is InChI=1S/C14H17FN2O3/c1-9-10(15)3-2-4-11(9)17-13(20)12(19)16-7-14(8-18)5-6-14/h2-4,18H,5-8H2,1H3,(H,16,19)(H,17,20). The van der Waals surface area contributed by atoms with Gasteiger partial charge >= 0.3 is 11.8 Å². The highest BCUT2D eigenvalue weighted by atomic mass is 19.1. The van der Waals surface area contributed by atoms with Gasteiger partial charge in [0.25, 0.3) is 0 Å². The Morgan fingerprint density at radius 1 is 1.35 bits per heavy atom. The number of benzene rings is 1. The number of rotatable bonds is 4. The molecule has 2 rings (SSSR count). The summed E-state index contributed by atoms with van der Waals surface area (Å²) >= 11 is 0. The Balaban J connectivity index is 1.91. The Morgan fingerprint density at radius 3 is 2.65 bits per heavy atom. The molecule has 108 valence electrons. The third-order valence-corrected chi connectivity index (χ3v) is 3.64. The number of aliphatic hydroxyl groups excluding tert-OH is 1. The van der Waals surface area contributed by atoms with Crippen molar-refractivity contribution in [1.29, 1.82) is 0 Å². The van der Waals surface area contributed by atoms with Crippen molar-refractivity contribution < 1.29 is 19.1 Å². The normalized spacial score (nSPS) is 15.6. The second-order valence-corrected chi connectivity index (χ2v) is 5.21. The summed E-state index contributed by atoms with van der Waals surface area (Å²) in [5, 5.41) is 14.0. The molecule has 0 unspecified atom stereocenters. The monoisotopic (exact) mass is 280 g/mol. The first-order valence-corrected chi connectivity index (χ1v) is 6.43. The number of carbonyl (C=O) groups excluding carboxylic acids is 2. The predicted octanol–water partition coefficient (Wildman–Crippen LogP) is 0.961. The van der Waals surface area contributed by atoms with Crippen molar-refractivity contribution in [2.75, 3.05) is 18.5 Å². The average molecular weight is 280 g/mol. The number of carbonyl (C=O) groups is 2. The summed E-state index contributed by atoms with van der Waals surface area (Å²) in [5.41, 5.74) is 0.293. The van der Waals surface area contributed by atoms with Crippen molar-refractivity contribution in [2.45, 2.75) is 19.8 Å². The van der Waals surface area contributed by atoms with Crippen LogP contribution in [-0.4, -0.2) is 30.1 Å². The second-order valence-electron chi connectivity index (χ2n) is 5.21. The molecule has 3 N–H and O–H groups in total. The van der Waals surface area contributed by atoms with Crippen LogP contribution in [0, 0.1) is 18.2 Å². The molecule has 0 bridgehead atoms. The van der Waals surface area contributed by atoms with Crippen LogP contribution in [0.1, 0.15) is 18.4 Å². The van der Waals surface area contributed by atoms with Gasteiger partial charge in [0, 0.05) is 23.2 Å². The van der Waals surface area contributed by atoms with Crippen LogP contribution in [0.4, 0.5) is 10.1 Å². The second kappa shape index (κ2) is 5.58. The summed E-state index contributed by atoms with van der Waals surface area (Å²) in [6, 6.07) is 4.27. The fourth-order valence-corrected chi connectivity index (χ4v) is 1.84. The summed E-state index contributed by atoms with van der Waals surface area (Å²) in [5.74, 6) is -2.07. The summed E-state index contributed by atoms with van der Waals surface area (Å²) in [7, 11) is 0. The van der Waals surface area contributed by atoms with Gasteiger partial charge < -0.3 is 15.7 Å². The Bertz CT molecular complexity index is 541. The lowest BCUT2D eigenvalue weighted by atomic mass is 10.1. The molecule has 0 heterocycles. The van der Waals surface area contributed by atoms with Gasteiger partial charge in [-0.15, -0.1) is 0 Å². The summed E-state index contributed by atoms with van der Waals surface area (Å²) in [6.07, 6.45) is 1.68. The molecule has 1 saturated carbocycles. The molecule has 2 amide bonds. The molecular weight excluding hydrogens is 263 g/mol. The molecule has 0 saturated heterocycles. The van der Waals surface area contributed by atoms with Crippen LogP contribution in [0.25, 0.3) is 0 Å². The predicted molar refractivity (Wildman–Crippen MR) is 71.5 cm³/mol. The minimum atomic E-state index is -0.840. The van der Waals surface area contributed by atoms with Gasteiger partial charge in [-0.05, 0) is 31.9 Å². The minimum Gasteiger partial charge on any atom is -0.396 e. The molecule has 0 spiro atoms. The average Bonchev–Trinajstić information content (AvgIpc) is 3.22. The first kappa shape index (κ1) is 14.5. The highest BCUT2D eigenvalue weighted by molar-refractivity contribution is 6.39. The smallest absolute Gasteiger partial charge is 0.313 e. The van der Waals surface area contributed by atoms with E-state index in [1.54, 1.807) is 0 Å². The minimum absolute atomic E-state index is 0.00208. The molecule has 1 aromatic rings. The van der Waals surface area contributed by atoms with Gasteiger partial charge in [-0.1, -0.05) is 6.07 Å². The van der Waals surface area contributed by atoms with E-state index in [4.69, 9.17) is 5.11 Å². The van der Waals surface area contributed by atoms with Crippen molar-refractivity contribution in [3.63, 3.8) is 0 Å². The number of hydrogen-bond donors (Lipinski definition) is 3. The van der Waals surface area contributed by atoms with Crippen LogP contribution >= 0.6 is 0 Å². The SMILES string of the molecule is Cc1c(F)cccc1NC(=O)C(=O)NCC1(CO)CC1. The molecule has 1 aliphatic carbocycles. The van der Waals surface area contributed by atoms with Gasteiger partial charge in [-0.25, -0.2) is 4.39 Å². The zero-order chi connectivity index (χ0) is 14.8. The van der Waals surface area contributed by atoms with Crippen molar-refractivity contribution in [1.82, 2.24) is 5.32 Å². The quantitative estimate of drug-likeness (QED) is 0.719. The molecule has 0 aliphatic heterocycles. The molecule has 1 aromatic carbocycles. The first-order chi connectivity index (χ1) is 9.47. The number of nitrogens with one attached hydrogen (secondary N) is 2. The van der Waals surface area contributed by atoms with E-state index in [-0.39, 0.29) is 29.8 Å². The van der Waals surface area contributed by atoms with E-state index in [9.17, 15) is 14.0 Å². The fourth-order valence-electron chi connectivity index (χ4n) is 1.84. The maximum Gasteiger partial charge on any atom is 0.313 e. The Labute approximate surface area is 116 Å². The molecule has 0 aromatic heterocycles. The molecule has 6 heteroatoms. The molecule has 1 aliphatic rings. The lowest BCUT2D eigenvalue weighted by Crippen LogP contribution is -2.39. The Hall–Kier alpha value is -1.95. The molecular formula is C14H17FN2O3. The van der Waals surface area contributed by atoms with E-state index in [0.29, 0.717) is 0 Å². The van der Waals surface area contributed by atoms with Gasteiger partial charge in [0.05, 0.1) is 6.61 Å². The van der Waals surface area contributed by atoms with Crippen LogP contribution in [0.3, 0.4) is 0 Å². The van der Waals surface area contributed by atoms with Crippen LogP contribution in [0.2, 0.25) is 0 Å². The number of amides is 2.